The number of aliphatic hydroxyl groups is 1. The van der Waals surface area contributed by atoms with Crippen molar-refractivity contribution in [3.05, 3.63) is 56.7 Å². The van der Waals surface area contributed by atoms with Gasteiger partial charge in [-0.3, -0.25) is 9.69 Å². The standard InChI is InChI=1S/C27H29IN2O4/c28-18-3-1-2-17(12-18)25(32)29-19-8-9-27(33)21-13-16-6-7-20(31)23-22(16)26(27,24(19)34-23)10-11-30(21)14-15-4-5-15/h1-3,6-7,12,15,19,21,24,31,33H,4-5,8-11,13-14H2,(H,29,32)/t19-,21?,24?,26+,27-/m1/s1. The van der Waals surface area contributed by atoms with Gasteiger partial charge in [0.25, 0.3) is 5.91 Å². The van der Waals surface area contributed by atoms with Gasteiger partial charge < -0.3 is 20.3 Å². The Bertz CT molecular complexity index is 1200. The van der Waals surface area contributed by atoms with Crippen LogP contribution in [0.15, 0.2) is 36.4 Å². The van der Waals surface area contributed by atoms with Crippen LogP contribution in [0, 0.1) is 9.49 Å². The van der Waals surface area contributed by atoms with Crippen LogP contribution in [0.1, 0.15) is 53.6 Å². The number of hydrogen-bond acceptors (Lipinski definition) is 5. The molecule has 5 atom stereocenters. The first-order valence-electron chi connectivity index (χ1n) is 12.5. The molecule has 2 aromatic carbocycles. The van der Waals surface area contributed by atoms with Gasteiger partial charge in [0.1, 0.15) is 6.10 Å². The average Bonchev–Trinajstić information content (AvgIpc) is 3.56. The summed E-state index contributed by atoms with van der Waals surface area (Å²) in [6.07, 6.45) is 5.01. The molecule has 2 aromatic rings. The van der Waals surface area contributed by atoms with Gasteiger partial charge in [0.05, 0.1) is 17.1 Å². The third kappa shape index (κ3) is 2.83. The highest BCUT2D eigenvalue weighted by atomic mass is 127. The van der Waals surface area contributed by atoms with Gasteiger partial charge in [0, 0.05) is 27.3 Å². The highest BCUT2D eigenvalue weighted by molar-refractivity contribution is 14.1. The van der Waals surface area contributed by atoms with Crippen LogP contribution >= 0.6 is 22.6 Å². The summed E-state index contributed by atoms with van der Waals surface area (Å²) in [4.78, 5) is 15.7. The molecule has 1 spiro atoms. The first-order chi connectivity index (χ1) is 16.4. The Labute approximate surface area is 212 Å². The van der Waals surface area contributed by atoms with Gasteiger partial charge >= 0.3 is 0 Å². The Morgan fingerprint density at radius 1 is 1.21 bits per heavy atom. The molecule has 1 amide bonds. The molecule has 7 rings (SSSR count). The van der Waals surface area contributed by atoms with Gasteiger partial charge in [-0.25, -0.2) is 0 Å². The van der Waals surface area contributed by atoms with Crippen molar-refractivity contribution in [3.63, 3.8) is 0 Å². The molecule has 0 radical (unpaired) electrons. The summed E-state index contributed by atoms with van der Waals surface area (Å²) in [5.41, 5.74) is 1.26. The fourth-order valence-electron chi connectivity index (χ4n) is 7.51. The molecule has 6 nitrogen and oxygen atoms in total. The molecule has 5 aliphatic rings. The Kier molecular flexibility index (Phi) is 4.63. The van der Waals surface area contributed by atoms with E-state index < -0.39 is 17.1 Å². The lowest BCUT2D eigenvalue weighted by Crippen LogP contribution is -2.78. The summed E-state index contributed by atoms with van der Waals surface area (Å²) in [6.45, 7) is 1.97. The van der Waals surface area contributed by atoms with Crippen molar-refractivity contribution in [1.82, 2.24) is 10.2 Å². The summed E-state index contributed by atoms with van der Waals surface area (Å²) < 4.78 is 7.54. The Hall–Kier alpha value is -1.84. The Balaban J connectivity index is 1.29. The molecule has 3 aliphatic carbocycles. The number of phenolic OH excluding ortho intramolecular Hbond substituents is 1. The highest BCUT2D eigenvalue weighted by Gasteiger charge is 2.73. The highest BCUT2D eigenvalue weighted by Crippen LogP contribution is 2.65. The zero-order valence-corrected chi connectivity index (χ0v) is 21.1. The number of likely N-dealkylation sites (tertiary alicyclic amines) is 1. The minimum atomic E-state index is -0.930. The Morgan fingerprint density at radius 2 is 2.06 bits per heavy atom. The third-order valence-corrected chi connectivity index (χ3v) is 9.84. The number of nitrogens with zero attached hydrogens (tertiary/aromatic N) is 1. The summed E-state index contributed by atoms with van der Waals surface area (Å²) in [5, 5.41) is 26.5. The molecule has 1 saturated heterocycles. The maximum atomic E-state index is 13.2. The van der Waals surface area contributed by atoms with E-state index in [0.717, 1.165) is 41.0 Å². The first kappa shape index (κ1) is 21.4. The Morgan fingerprint density at radius 3 is 2.85 bits per heavy atom. The molecule has 2 unspecified atom stereocenters. The summed E-state index contributed by atoms with van der Waals surface area (Å²) >= 11 is 2.22. The van der Waals surface area contributed by atoms with Crippen LogP contribution in [0.25, 0.3) is 0 Å². The van der Waals surface area contributed by atoms with Crippen molar-refractivity contribution in [1.29, 1.82) is 0 Å². The fraction of sp³-hybridized carbons (Fsp3) is 0.519. The number of benzene rings is 2. The van der Waals surface area contributed by atoms with Crippen molar-refractivity contribution in [2.75, 3.05) is 13.1 Å². The molecule has 178 valence electrons. The summed E-state index contributed by atoms with van der Waals surface area (Å²) in [6, 6.07) is 11.1. The van der Waals surface area contributed by atoms with Gasteiger partial charge in [-0.05, 0) is 103 Å². The van der Waals surface area contributed by atoms with Crippen LogP contribution in [0.2, 0.25) is 0 Å². The van der Waals surface area contributed by atoms with E-state index in [1.54, 1.807) is 6.07 Å². The number of halogens is 1. The molecule has 7 heteroatoms. The van der Waals surface area contributed by atoms with E-state index in [4.69, 9.17) is 4.74 Å². The monoisotopic (exact) mass is 572 g/mol. The minimum Gasteiger partial charge on any atom is -0.504 e. The topological polar surface area (TPSA) is 82.0 Å². The molecule has 2 heterocycles. The summed E-state index contributed by atoms with van der Waals surface area (Å²) in [5.74, 6) is 1.29. The largest absolute Gasteiger partial charge is 0.504 e. The second-order valence-electron chi connectivity index (χ2n) is 10.9. The van der Waals surface area contributed by atoms with E-state index in [1.165, 1.54) is 18.4 Å². The number of aromatic hydroxyl groups is 1. The molecule has 2 aliphatic heterocycles. The van der Waals surface area contributed by atoms with Crippen LogP contribution < -0.4 is 10.1 Å². The van der Waals surface area contributed by atoms with Crippen LogP contribution in [0.3, 0.4) is 0 Å². The van der Waals surface area contributed by atoms with Crippen LogP contribution in [0.5, 0.6) is 11.5 Å². The number of piperidine rings is 1. The number of phenols is 1. The molecule has 2 bridgehead atoms. The van der Waals surface area contributed by atoms with E-state index in [2.05, 4.69) is 32.8 Å². The van der Waals surface area contributed by atoms with Crippen molar-refractivity contribution in [3.8, 4) is 11.5 Å². The quantitative estimate of drug-likeness (QED) is 0.490. The van der Waals surface area contributed by atoms with E-state index in [0.29, 0.717) is 24.2 Å². The van der Waals surface area contributed by atoms with Gasteiger partial charge in [0.15, 0.2) is 11.5 Å². The lowest BCUT2D eigenvalue weighted by atomic mass is 9.48. The number of carbonyl (C=O) groups is 1. The van der Waals surface area contributed by atoms with Crippen molar-refractivity contribution in [2.45, 2.75) is 67.7 Å². The number of hydrogen-bond donors (Lipinski definition) is 3. The SMILES string of the molecule is O=C(N[C@@H]1CC[C@@]2(O)C3Cc4ccc(O)c5c4[C@@]2(CCN3CC2CC2)C1O5)c1cccc(I)c1. The second-order valence-corrected chi connectivity index (χ2v) is 12.2. The zero-order valence-electron chi connectivity index (χ0n) is 19.0. The van der Waals surface area contributed by atoms with Gasteiger partial charge in [-0.1, -0.05) is 12.1 Å². The van der Waals surface area contributed by atoms with Crippen LogP contribution in [-0.2, 0) is 11.8 Å². The molecule has 0 aromatic heterocycles. The number of amides is 1. The number of carbonyl (C=O) groups excluding carboxylic acids is 1. The molecule has 3 fully saturated rings. The van der Waals surface area contributed by atoms with Crippen LogP contribution in [0.4, 0.5) is 0 Å². The van der Waals surface area contributed by atoms with Crippen LogP contribution in [-0.4, -0.2) is 57.9 Å². The predicted molar refractivity (Wildman–Crippen MR) is 135 cm³/mol. The zero-order chi connectivity index (χ0) is 23.2. The molecule has 2 saturated carbocycles. The number of nitrogens with one attached hydrogen (secondary N) is 1. The van der Waals surface area contributed by atoms with E-state index in [9.17, 15) is 15.0 Å². The maximum Gasteiger partial charge on any atom is 0.251 e. The number of rotatable bonds is 4. The van der Waals surface area contributed by atoms with Crippen molar-refractivity contribution < 1.29 is 19.7 Å². The normalized spacial score (nSPS) is 35.4. The third-order valence-electron chi connectivity index (χ3n) is 9.17. The average molecular weight is 572 g/mol. The lowest BCUT2D eigenvalue weighted by molar-refractivity contribution is -0.191. The number of ether oxygens (including phenoxy) is 1. The van der Waals surface area contributed by atoms with Gasteiger partial charge in [0.2, 0.25) is 0 Å². The predicted octanol–water partition coefficient (Wildman–Crippen LogP) is 3.36. The van der Waals surface area contributed by atoms with Crippen molar-refractivity contribution in [2.24, 2.45) is 5.92 Å². The minimum absolute atomic E-state index is 0.0447. The molecular formula is C27H29IN2O4. The van der Waals surface area contributed by atoms with Gasteiger partial charge in [-0.2, -0.15) is 0 Å². The molecular weight excluding hydrogens is 543 g/mol. The van der Waals surface area contributed by atoms with Crippen molar-refractivity contribution >= 4 is 28.5 Å². The second kappa shape index (κ2) is 7.34. The van der Waals surface area contributed by atoms with Gasteiger partial charge in [-0.15, -0.1) is 0 Å². The smallest absolute Gasteiger partial charge is 0.251 e. The van der Waals surface area contributed by atoms with E-state index in [1.807, 2.05) is 30.3 Å². The summed E-state index contributed by atoms with van der Waals surface area (Å²) in [7, 11) is 0. The molecule has 3 N–H and O–H groups in total. The fourth-order valence-corrected chi connectivity index (χ4v) is 8.05. The first-order valence-corrected chi connectivity index (χ1v) is 13.5. The van der Waals surface area contributed by atoms with E-state index in [-0.39, 0.29) is 23.7 Å². The lowest BCUT2D eigenvalue weighted by Gasteiger charge is -2.64. The van der Waals surface area contributed by atoms with E-state index >= 15 is 0 Å². The maximum absolute atomic E-state index is 13.2. The molecule has 34 heavy (non-hydrogen) atoms.